The Balaban J connectivity index is 0.000000304. The van der Waals surface area contributed by atoms with Crippen molar-refractivity contribution in [1.29, 1.82) is 0 Å². The van der Waals surface area contributed by atoms with E-state index >= 15 is 8.78 Å². The Morgan fingerprint density at radius 1 is 0.608 bits per heavy atom. The Bertz CT molecular complexity index is 4240. The van der Waals surface area contributed by atoms with Crippen molar-refractivity contribution in [3.05, 3.63) is 222 Å². The van der Waals surface area contributed by atoms with Gasteiger partial charge in [-0.25, -0.2) is 0 Å². The van der Waals surface area contributed by atoms with Gasteiger partial charge in [-0.3, -0.25) is 4.98 Å². The number of benzene rings is 9. The summed E-state index contributed by atoms with van der Waals surface area (Å²) in [5.41, 5.74) is 8.64. The first-order valence-electron chi connectivity index (χ1n) is 26.5. The van der Waals surface area contributed by atoms with E-state index in [0.717, 1.165) is 62.8 Å². The molecule has 79 heavy (non-hydrogen) atoms. The first-order valence-corrected chi connectivity index (χ1v) is 25.0. The summed E-state index contributed by atoms with van der Waals surface area (Å²) in [7, 11) is 0. The molecule has 0 unspecified atom stereocenters. The summed E-state index contributed by atoms with van der Waals surface area (Å²) in [5, 5.41) is 2.28. The number of alkyl halides is 8. The summed E-state index contributed by atoms with van der Waals surface area (Å²) in [6, 6.07) is 57.3. The van der Waals surface area contributed by atoms with E-state index in [9.17, 15) is 26.3 Å². The van der Waals surface area contributed by atoms with Crippen LogP contribution in [0.25, 0.3) is 105 Å². The topological polar surface area (TPSA) is 43.9 Å². The third-order valence-electron chi connectivity index (χ3n) is 14.0. The van der Waals surface area contributed by atoms with Crippen molar-refractivity contribution in [2.45, 2.75) is 64.7 Å². The number of nitrogens with zero attached hydrogens (tertiary/aromatic N) is 3. The van der Waals surface area contributed by atoms with E-state index in [-0.39, 0.29) is 59.4 Å². The van der Waals surface area contributed by atoms with Crippen LogP contribution in [0.4, 0.5) is 35.1 Å². The Kier molecular flexibility index (Phi) is 13.4. The molecule has 0 saturated carbocycles. The molecule has 0 spiro atoms. The maximum atomic E-state index is 15.5. The Hall–Kier alpha value is -7.99. The number of aromatic nitrogens is 3. The molecule has 0 bridgehead atoms. The largest absolute Gasteiger partial charge is 0.501 e. The molecule has 399 valence electrons. The van der Waals surface area contributed by atoms with E-state index in [1.807, 2.05) is 48.5 Å². The molecule has 3 heterocycles. The summed E-state index contributed by atoms with van der Waals surface area (Å²) in [4.78, 5) is 9.14. The van der Waals surface area contributed by atoms with E-state index in [1.165, 1.54) is 30.5 Å². The Labute approximate surface area is 468 Å². The average molecular weight is 1250 g/mol. The smallest absolute Gasteiger partial charge is 0.458 e. The zero-order valence-electron chi connectivity index (χ0n) is 45.6. The van der Waals surface area contributed by atoms with Crippen LogP contribution < -0.4 is 0 Å². The van der Waals surface area contributed by atoms with Crippen LogP contribution in [0.3, 0.4) is 0 Å². The van der Waals surface area contributed by atoms with Crippen LogP contribution in [-0.4, -0.2) is 20.7 Å². The molecule has 0 saturated heterocycles. The second kappa shape index (κ2) is 21.0. The number of halogens is 8. The van der Waals surface area contributed by atoms with Gasteiger partial charge in [-0.2, -0.15) is 35.1 Å². The number of fused-ring (bicyclic) bond motifs is 8. The van der Waals surface area contributed by atoms with Gasteiger partial charge in [-0.05, 0) is 115 Å². The number of aryl methyl sites for hydroxylation is 1. The molecular weight excluding hydrogens is 1190 g/mol. The molecule has 0 aliphatic heterocycles. The van der Waals surface area contributed by atoms with Crippen LogP contribution in [0, 0.1) is 19.0 Å². The number of para-hydroxylation sites is 2. The van der Waals surface area contributed by atoms with Crippen LogP contribution in [0.5, 0.6) is 0 Å². The van der Waals surface area contributed by atoms with Gasteiger partial charge in [0.05, 0.1) is 22.4 Å². The third kappa shape index (κ3) is 9.99. The average Bonchev–Trinajstić information content (AvgIpc) is 3.72. The van der Waals surface area contributed by atoms with E-state index < -0.39 is 36.3 Å². The van der Waals surface area contributed by atoms with Crippen LogP contribution in [0.1, 0.15) is 71.5 Å². The van der Waals surface area contributed by atoms with Crippen molar-refractivity contribution in [2.75, 3.05) is 0 Å². The van der Waals surface area contributed by atoms with Crippen molar-refractivity contribution in [2.24, 2.45) is 0 Å². The van der Waals surface area contributed by atoms with E-state index in [1.54, 1.807) is 36.4 Å². The van der Waals surface area contributed by atoms with E-state index in [4.69, 9.17) is 13.5 Å². The van der Waals surface area contributed by atoms with E-state index in [0.29, 0.717) is 49.7 Å². The molecule has 12 rings (SSSR count). The Morgan fingerprint density at radius 2 is 1.27 bits per heavy atom. The predicted octanol–water partition coefficient (Wildman–Crippen LogP) is 19.8. The maximum Gasteiger partial charge on any atom is 0.458 e. The third-order valence-corrected chi connectivity index (χ3v) is 14.0. The molecule has 0 amide bonds. The molecular formula is C66H47F8IrN3O-2. The first kappa shape index (κ1) is 50.5. The van der Waals surface area contributed by atoms with Gasteiger partial charge >= 0.3 is 18.3 Å². The molecule has 0 atom stereocenters. The quantitative estimate of drug-likeness (QED) is 0.0865. The fraction of sp³-hybridized carbons (Fsp3) is 0.152. The monoisotopic (exact) mass is 1250 g/mol. The van der Waals surface area contributed by atoms with Gasteiger partial charge in [0.1, 0.15) is 5.58 Å². The second-order valence-electron chi connectivity index (χ2n) is 19.7. The van der Waals surface area contributed by atoms with Gasteiger partial charge in [0.15, 0.2) is 0 Å². The molecule has 13 heteroatoms. The molecule has 9 aromatic carbocycles. The van der Waals surface area contributed by atoms with Crippen LogP contribution >= 0.6 is 0 Å². The fourth-order valence-corrected chi connectivity index (χ4v) is 10.2. The summed E-state index contributed by atoms with van der Waals surface area (Å²) in [6.45, 7) is 6.41. The van der Waals surface area contributed by atoms with E-state index in [2.05, 4.69) is 97.9 Å². The van der Waals surface area contributed by atoms with Crippen molar-refractivity contribution >= 4 is 54.5 Å². The van der Waals surface area contributed by atoms with Crippen LogP contribution in [-0.2, 0) is 32.2 Å². The second-order valence-corrected chi connectivity index (χ2v) is 19.7. The zero-order chi connectivity index (χ0) is 57.3. The van der Waals surface area contributed by atoms with Gasteiger partial charge < -0.3 is 14.0 Å². The molecule has 12 aromatic rings. The van der Waals surface area contributed by atoms with Gasteiger partial charge in [0.2, 0.25) is 0 Å². The number of hydrogen-bond acceptors (Lipinski definition) is 3. The van der Waals surface area contributed by atoms with Crippen molar-refractivity contribution < 1.29 is 63.8 Å². The van der Waals surface area contributed by atoms with Gasteiger partial charge in [0.25, 0.3) is 0 Å². The summed E-state index contributed by atoms with van der Waals surface area (Å²) < 4.78 is 141. The summed E-state index contributed by atoms with van der Waals surface area (Å²) in [6.07, 6.45) is -9.06. The maximum absolute atomic E-state index is 15.5. The van der Waals surface area contributed by atoms with Crippen LogP contribution in [0.15, 0.2) is 187 Å². The number of pyridine rings is 1. The normalized spacial score (nSPS) is 13.0. The Morgan fingerprint density at radius 3 is 1.90 bits per heavy atom. The van der Waals surface area contributed by atoms with Crippen LogP contribution in [0.2, 0.25) is 0 Å². The van der Waals surface area contributed by atoms with Crippen molar-refractivity contribution in [1.82, 2.24) is 14.5 Å². The SMILES string of the molecule is CC(C)c1cc(-c2ccc(-c3ccccc3)cc2)cc(C(C)C)c1-n1c(-c2[c-]ccc3c2oc2cc(C(F)(F)C(F)(F)F)c4ccc5ccccc5c4c23)nc2ccccc21.[2H]C([2H])([2H])c1ccc(-c2[c-]cc(C(F)(F)F)cc2)nc1.[Ir]. The number of furan rings is 1. The first-order chi connectivity index (χ1) is 38.5. The minimum atomic E-state index is -5.83. The van der Waals surface area contributed by atoms with Gasteiger partial charge in [0, 0.05) is 52.4 Å². The van der Waals surface area contributed by atoms with Crippen molar-refractivity contribution in [3.63, 3.8) is 0 Å². The predicted molar refractivity (Wildman–Crippen MR) is 295 cm³/mol. The number of imidazole rings is 1. The summed E-state index contributed by atoms with van der Waals surface area (Å²) >= 11 is 0. The molecule has 4 nitrogen and oxygen atoms in total. The zero-order valence-corrected chi connectivity index (χ0v) is 45.0. The van der Waals surface area contributed by atoms with Gasteiger partial charge in [-0.15, -0.1) is 48.0 Å². The minimum Gasteiger partial charge on any atom is -0.501 e. The molecule has 1 radical (unpaired) electrons. The van der Waals surface area contributed by atoms with Gasteiger partial charge in [-0.1, -0.05) is 154 Å². The molecule has 3 aromatic heterocycles. The standard InChI is InChI=1S/C53H38F5N2O.C13H9F3N.Ir/c1-30(2)41-27-36(34-23-21-33(22-24-34)32-13-6-5-7-14-32)28-42(31(3)4)49(41)60-45-20-11-10-19-44(45)59-51(60)40-18-12-17-39-48-46(61-50(39)40)29-43(52(54,55)53(56,57)58)38-26-25-35-15-8-9-16-37(35)47(38)48;1-9-2-7-12(17-8-9)10-3-5-11(6-4-10)13(14,15)16;/h5-17,19-31H,1-4H3;2-3,5-8H,1H3;/q2*-1;/i;1D3;. The fourth-order valence-electron chi connectivity index (χ4n) is 10.2. The number of hydrogen-bond donors (Lipinski definition) is 0. The molecule has 0 aliphatic rings. The molecule has 0 fully saturated rings. The molecule has 0 N–H and O–H groups in total. The number of rotatable bonds is 8. The minimum absolute atomic E-state index is 0. The summed E-state index contributed by atoms with van der Waals surface area (Å²) in [5.74, 6) is -4.50. The van der Waals surface area contributed by atoms with Crippen molar-refractivity contribution in [3.8, 4) is 50.6 Å². The molecule has 0 aliphatic carbocycles.